The van der Waals surface area contributed by atoms with Gasteiger partial charge in [0.2, 0.25) is 5.91 Å². The average molecular weight is 267 g/mol. The van der Waals surface area contributed by atoms with E-state index in [1.807, 2.05) is 0 Å². The number of nitrogens with one attached hydrogen (secondary N) is 1. The van der Waals surface area contributed by atoms with Crippen LogP contribution in [0.1, 0.15) is 5.69 Å². The first kappa shape index (κ1) is 12.5. The Labute approximate surface area is 108 Å². The third-order valence-electron chi connectivity index (χ3n) is 2.08. The standard InChI is InChI=1S/C10H11ClN6O/c11-8-2-1-3-9(13-8)14-10(18)6-17-5-7(4-12)15-16-17/h1-3,5H,4,6,12H2,(H,13,14,18). The lowest BCUT2D eigenvalue weighted by atomic mass is 10.4. The number of hydrogen-bond acceptors (Lipinski definition) is 5. The summed E-state index contributed by atoms with van der Waals surface area (Å²) in [6.07, 6.45) is 1.62. The Hall–Kier alpha value is -1.99. The summed E-state index contributed by atoms with van der Waals surface area (Å²) in [4.78, 5) is 15.6. The number of amides is 1. The first-order valence-electron chi connectivity index (χ1n) is 5.19. The number of aromatic nitrogens is 4. The minimum absolute atomic E-state index is 0.0429. The fourth-order valence-corrected chi connectivity index (χ4v) is 1.48. The van der Waals surface area contributed by atoms with Gasteiger partial charge in [-0.05, 0) is 12.1 Å². The SMILES string of the molecule is NCc1cn(CC(=O)Nc2cccc(Cl)n2)nn1. The predicted octanol–water partition coefficient (Wildman–Crippen LogP) is 0.424. The molecule has 0 spiro atoms. The Balaban J connectivity index is 1.96. The van der Waals surface area contributed by atoms with E-state index in [1.165, 1.54) is 4.68 Å². The fraction of sp³-hybridized carbons (Fsp3) is 0.200. The first-order chi connectivity index (χ1) is 8.67. The molecule has 0 saturated heterocycles. The summed E-state index contributed by atoms with van der Waals surface area (Å²) < 4.78 is 1.40. The number of pyridine rings is 1. The smallest absolute Gasteiger partial charge is 0.247 e. The lowest BCUT2D eigenvalue weighted by Gasteiger charge is -2.03. The highest BCUT2D eigenvalue weighted by Crippen LogP contribution is 2.09. The molecule has 0 bridgehead atoms. The van der Waals surface area contributed by atoms with Crippen LogP contribution in [0.4, 0.5) is 5.82 Å². The first-order valence-corrected chi connectivity index (χ1v) is 5.56. The van der Waals surface area contributed by atoms with Crippen molar-refractivity contribution in [3.63, 3.8) is 0 Å². The average Bonchev–Trinajstić information content (AvgIpc) is 2.76. The van der Waals surface area contributed by atoms with Gasteiger partial charge in [0, 0.05) is 6.54 Å². The molecule has 18 heavy (non-hydrogen) atoms. The Morgan fingerprint density at radius 2 is 2.33 bits per heavy atom. The molecule has 0 aromatic carbocycles. The Kier molecular flexibility index (Phi) is 3.85. The zero-order valence-electron chi connectivity index (χ0n) is 9.38. The minimum atomic E-state index is -0.266. The third-order valence-corrected chi connectivity index (χ3v) is 2.29. The Bertz CT molecular complexity index is 555. The van der Waals surface area contributed by atoms with E-state index in [1.54, 1.807) is 24.4 Å². The highest BCUT2D eigenvalue weighted by Gasteiger charge is 2.06. The Morgan fingerprint density at radius 1 is 1.50 bits per heavy atom. The second-order valence-corrected chi connectivity index (χ2v) is 3.89. The molecule has 0 saturated carbocycles. The summed E-state index contributed by atoms with van der Waals surface area (Å²) in [5.41, 5.74) is 6.02. The summed E-state index contributed by atoms with van der Waals surface area (Å²) in [6, 6.07) is 4.98. The molecule has 0 fully saturated rings. The van der Waals surface area contributed by atoms with Crippen molar-refractivity contribution in [1.82, 2.24) is 20.0 Å². The maximum atomic E-state index is 11.7. The number of carbonyl (C=O) groups excluding carboxylic acids is 1. The van der Waals surface area contributed by atoms with Crippen LogP contribution in [-0.4, -0.2) is 25.9 Å². The van der Waals surface area contributed by atoms with E-state index >= 15 is 0 Å². The second-order valence-electron chi connectivity index (χ2n) is 3.51. The molecule has 94 valence electrons. The normalized spacial score (nSPS) is 10.3. The molecule has 2 aromatic heterocycles. The van der Waals surface area contributed by atoms with Crippen molar-refractivity contribution in [3.05, 3.63) is 35.2 Å². The maximum absolute atomic E-state index is 11.7. The van der Waals surface area contributed by atoms with Gasteiger partial charge >= 0.3 is 0 Å². The largest absolute Gasteiger partial charge is 0.325 e. The maximum Gasteiger partial charge on any atom is 0.247 e. The number of rotatable bonds is 4. The van der Waals surface area contributed by atoms with E-state index in [-0.39, 0.29) is 19.0 Å². The molecule has 0 atom stereocenters. The number of hydrogen-bond donors (Lipinski definition) is 2. The molecule has 0 radical (unpaired) electrons. The third kappa shape index (κ3) is 3.25. The van der Waals surface area contributed by atoms with E-state index in [0.29, 0.717) is 16.7 Å². The van der Waals surface area contributed by atoms with Crippen molar-refractivity contribution in [2.75, 3.05) is 5.32 Å². The van der Waals surface area contributed by atoms with E-state index in [2.05, 4.69) is 20.6 Å². The van der Waals surface area contributed by atoms with Crippen molar-refractivity contribution in [2.24, 2.45) is 5.73 Å². The van der Waals surface area contributed by atoms with Gasteiger partial charge in [-0.1, -0.05) is 22.9 Å². The number of carbonyl (C=O) groups is 1. The molecule has 0 aliphatic carbocycles. The van der Waals surface area contributed by atoms with Crippen molar-refractivity contribution in [3.8, 4) is 0 Å². The van der Waals surface area contributed by atoms with Crippen LogP contribution in [0.15, 0.2) is 24.4 Å². The molecular weight excluding hydrogens is 256 g/mol. The van der Waals surface area contributed by atoms with Crippen LogP contribution in [0.25, 0.3) is 0 Å². The van der Waals surface area contributed by atoms with Crippen molar-refractivity contribution in [1.29, 1.82) is 0 Å². The van der Waals surface area contributed by atoms with Crippen LogP contribution in [0.2, 0.25) is 5.15 Å². The minimum Gasteiger partial charge on any atom is -0.325 e. The lowest BCUT2D eigenvalue weighted by molar-refractivity contribution is -0.116. The summed E-state index contributed by atoms with van der Waals surface area (Å²) >= 11 is 5.71. The van der Waals surface area contributed by atoms with E-state index in [0.717, 1.165) is 0 Å². The molecule has 2 rings (SSSR count). The van der Waals surface area contributed by atoms with Crippen LogP contribution in [0.3, 0.4) is 0 Å². The van der Waals surface area contributed by atoms with E-state index in [4.69, 9.17) is 17.3 Å². The summed E-state index contributed by atoms with van der Waals surface area (Å²) in [5, 5.41) is 10.5. The topological polar surface area (TPSA) is 98.7 Å². The molecule has 7 nitrogen and oxygen atoms in total. The van der Waals surface area contributed by atoms with Crippen LogP contribution in [-0.2, 0) is 17.9 Å². The molecule has 3 N–H and O–H groups in total. The highest BCUT2D eigenvalue weighted by atomic mass is 35.5. The monoisotopic (exact) mass is 266 g/mol. The van der Waals surface area contributed by atoms with Gasteiger partial charge in [0.25, 0.3) is 0 Å². The van der Waals surface area contributed by atoms with Gasteiger partial charge in [-0.2, -0.15) is 0 Å². The zero-order chi connectivity index (χ0) is 13.0. The van der Waals surface area contributed by atoms with Gasteiger partial charge in [-0.15, -0.1) is 5.10 Å². The number of anilines is 1. The van der Waals surface area contributed by atoms with Gasteiger partial charge in [-0.3, -0.25) is 4.79 Å². The van der Waals surface area contributed by atoms with E-state index in [9.17, 15) is 4.79 Å². The summed E-state index contributed by atoms with van der Waals surface area (Å²) in [5.74, 6) is 0.130. The van der Waals surface area contributed by atoms with Gasteiger partial charge in [-0.25, -0.2) is 9.67 Å². The van der Waals surface area contributed by atoms with Gasteiger partial charge in [0.05, 0.1) is 11.9 Å². The Morgan fingerprint density at radius 3 is 3.00 bits per heavy atom. The van der Waals surface area contributed by atoms with Crippen LogP contribution in [0.5, 0.6) is 0 Å². The van der Waals surface area contributed by atoms with E-state index < -0.39 is 0 Å². The number of nitrogens with zero attached hydrogens (tertiary/aromatic N) is 4. The molecule has 0 aliphatic rings. The molecule has 8 heteroatoms. The van der Waals surface area contributed by atoms with Crippen LogP contribution >= 0.6 is 11.6 Å². The molecule has 1 amide bonds. The lowest BCUT2D eigenvalue weighted by Crippen LogP contribution is -2.19. The fourth-order valence-electron chi connectivity index (χ4n) is 1.32. The molecule has 0 aliphatic heterocycles. The molecule has 0 unspecified atom stereocenters. The van der Waals surface area contributed by atoms with Crippen molar-refractivity contribution in [2.45, 2.75) is 13.1 Å². The quantitative estimate of drug-likeness (QED) is 0.782. The van der Waals surface area contributed by atoms with Crippen molar-refractivity contribution < 1.29 is 4.79 Å². The zero-order valence-corrected chi connectivity index (χ0v) is 10.1. The van der Waals surface area contributed by atoms with Gasteiger partial charge < -0.3 is 11.1 Å². The van der Waals surface area contributed by atoms with Crippen LogP contribution < -0.4 is 11.1 Å². The van der Waals surface area contributed by atoms with Crippen molar-refractivity contribution >= 4 is 23.3 Å². The van der Waals surface area contributed by atoms with Gasteiger partial charge in [0.1, 0.15) is 17.5 Å². The summed E-state index contributed by atoms with van der Waals surface area (Å²) in [6.45, 7) is 0.332. The number of nitrogens with two attached hydrogens (primary N) is 1. The van der Waals surface area contributed by atoms with Gasteiger partial charge in [0.15, 0.2) is 0 Å². The molecule has 2 aromatic rings. The highest BCUT2D eigenvalue weighted by molar-refractivity contribution is 6.29. The second kappa shape index (κ2) is 5.56. The predicted molar refractivity (Wildman–Crippen MR) is 65.8 cm³/mol. The molecule has 2 heterocycles. The summed E-state index contributed by atoms with van der Waals surface area (Å²) in [7, 11) is 0. The molecular formula is C10H11ClN6O. The number of halogens is 1. The van der Waals surface area contributed by atoms with Crippen LogP contribution in [0, 0.1) is 0 Å².